The Morgan fingerprint density at radius 2 is 1.28 bits per heavy atom. The Balaban J connectivity index is 2.60. The number of aryl methyl sites for hydroxylation is 1. The predicted molar refractivity (Wildman–Crippen MR) is 120 cm³/mol. The van der Waals surface area contributed by atoms with E-state index < -0.39 is 0 Å². The topological polar surface area (TPSA) is 44.8 Å². The van der Waals surface area contributed by atoms with E-state index in [4.69, 9.17) is 14.2 Å². The minimum atomic E-state index is -0.347. The minimum absolute atomic E-state index is 0.347. The van der Waals surface area contributed by atoms with Gasteiger partial charge >= 0.3 is 5.97 Å². The van der Waals surface area contributed by atoms with Crippen LogP contribution in [0.5, 0.6) is 11.5 Å². The molecule has 0 bridgehead atoms. The van der Waals surface area contributed by atoms with Crippen molar-refractivity contribution in [2.75, 3.05) is 20.3 Å². The van der Waals surface area contributed by atoms with Crippen LogP contribution in [0.15, 0.2) is 12.1 Å². The molecule has 0 heterocycles. The van der Waals surface area contributed by atoms with Gasteiger partial charge in [-0.15, -0.1) is 0 Å². The Morgan fingerprint density at radius 3 is 1.83 bits per heavy atom. The highest BCUT2D eigenvalue weighted by Crippen LogP contribution is 2.33. The number of carbonyl (C=O) groups is 1. The van der Waals surface area contributed by atoms with Crippen LogP contribution in [0.1, 0.15) is 107 Å². The predicted octanol–water partition coefficient (Wildman–Crippen LogP) is 7.26. The second-order valence-corrected chi connectivity index (χ2v) is 7.84. The van der Waals surface area contributed by atoms with Crippen LogP contribution in [0.2, 0.25) is 0 Å². The summed E-state index contributed by atoms with van der Waals surface area (Å²) in [6, 6.07) is 3.58. The number of hydrogen-bond donors (Lipinski definition) is 0. The highest BCUT2D eigenvalue weighted by molar-refractivity contribution is 5.90. The van der Waals surface area contributed by atoms with Gasteiger partial charge in [-0.1, -0.05) is 78.1 Å². The smallest absolute Gasteiger partial charge is 0.337 e. The fraction of sp³-hybridized carbons (Fsp3) is 0.720. The third kappa shape index (κ3) is 10.6. The van der Waals surface area contributed by atoms with Gasteiger partial charge in [0.05, 0.1) is 25.9 Å². The van der Waals surface area contributed by atoms with Crippen molar-refractivity contribution in [2.45, 2.75) is 97.8 Å². The number of benzene rings is 1. The first-order valence-corrected chi connectivity index (χ1v) is 11.6. The molecule has 0 amide bonds. The number of methoxy groups -OCH3 is 1. The molecule has 0 aliphatic carbocycles. The molecule has 4 nitrogen and oxygen atoms in total. The normalized spacial score (nSPS) is 10.8. The Labute approximate surface area is 178 Å². The molecule has 0 saturated heterocycles. The van der Waals surface area contributed by atoms with Crippen LogP contribution in [-0.2, 0) is 4.74 Å². The van der Waals surface area contributed by atoms with Gasteiger partial charge in [0.2, 0.25) is 0 Å². The van der Waals surface area contributed by atoms with Crippen LogP contribution in [0.25, 0.3) is 0 Å². The van der Waals surface area contributed by atoms with Crippen molar-refractivity contribution in [2.24, 2.45) is 0 Å². The molecule has 0 N–H and O–H groups in total. The first-order chi connectivity index (χ1) is 14.1. The first kappa shape index (κ1) is 25.3. The summed E-state index contributed by atoms with van der Waals surface area (Å²) in [5, 5.41) is 0. The molecular weight excluding hydrogens is 364 g/mol. The second kappa shape index (κ2) is 16.1. The van der Waals surface area contributed by atoms with Gasteiger partial charge in [0, 0.05) is 0 Å². The molecule has 0 radical (unpaired) electrons. The van der Waals surface area contributed by atoms with Gasteiger partial charge in [-0.3, -0.25) is 0 Å². The Morgan fingerprint density at radius 1 is 0.759 bits per heavy atom. The van der Waals surface area contributed by atoms with Gasteiger partial charge in [0.25, 0.3) is 0 Å². The number of esters is 1. The average Bonchev–Trinajstić information content (AvgIpc) is 2.72. The van der Waals surface area contributed by atoms with E-state index in [1.54, 1.807) is 6.07 Å². The molecule has 0 aromatic heterocycles. The number of rotatable bonds is 17. The summed E-state index contributed by atoms with van der Waals surface area (Å²) >= 11 is 0. The lowest BCUT2D eigenvalue weighted by atomic mass is 10.1. The molecule has 4 heteroatoms. The summed E-state index contributed by atoms with van der Waals surface area (Å²) < 4.78 is 17.0. The van der Waals surface area contributed by atoms with Crippen LogP contribution < -0.4 is 9.47 Å². The van der Waals surface area contributed by atoms with E-state index in [1.807, 2.05) is 13.0 Å². The van der Waals surface area contributed by atoms with Gasteiger partial charge < -0.3 is 14.2 Å². The van der Waals surface area contributed by atoms with E-state index in [0.29, 0.717) is 24.5 Å². The molecular formula is C25H42O4. The fourth-order valence-electron chi connectivity index (χ4n) is 3.39. The average molecular weight is 407 g/mol. The van der Waals surface area contributed by atoms with Gasteiger partial charge in [-0.05, 0) is 37.5 Å². The standard InChI is InChI=1S/C25H42O4/c1-5-7-9-11-13-15-17-28-23-20-22(25(26)27-4)19-21(3)24(23)29-18-16-14-12-10-8-6-2/h19-20H,5-18H2,1-4H3. The lowest BCUT2D eigenvalue weighted by Gasteiger charge is -2.16. The van der Waals surface area contributed by atoms with Crippen molar-refractivity contribution in [3.8, 4) is 11.5 Å². The zero-order valence-electron chi connectivity index (χ0n) is 19.2. The van der Waals surface area contributed by atoms with Crippen molar-refractivity contribution in [1.29, 1.82) is 0 Å². The molecule has 0 atom stereocenters. The Kier molecular flexibility index (Phi) is 14.1. The number of carbonyl (C=O) groups excluding carboxylic acids is 1. The second-order valence-electron chi connectivity index (χ2n) is 7.84. The maximum absolute atomic E-state index is 12.0. The summed E-state index contributed by atoms with van der Waals surface area (Å²) in [4.78, 5) is 12.0. The molecule has 0 spiro atoms. The first-order valence-electron chi connectivity index (χ1n) is 11.6. The molecule has 0 fully saturated rings. The highest BCUT2D eigenvalue weighted by Gasteiger charge is 2.15. The van der Waals surface area contributed by atoms with Crippen LogP contribution >= 0.6 is 0 Å². The molecule has 29 heavy (non-hydrogen) atoms. The van der Waals surface area contributed by atoms with Crippen molar-refractivity contribution < 1.29 is 19.0 Å². The molecule has 0 aliphatic rings. The van der Waals surface area contributed by atoms with Gasteiger partial charge in [-0.2, -0.15) is 0 Å². The number of unbranched alkanes of at least 4 members (excludes halogenated alkanes) is 10. The third-order valence-corrected chi connectivity index (χ3v) is 5.16. The fourth-order valence-corrected chi connectivity index (χ4v) is 3.39. The van der Waals surface area contributed by atoms with Crippen molar-refractivity contribution in [1.82, 2.24) is 0 Å². The summed E-state index contributed by atoms with van der Waals surface area (Å²) in [5.41, 5.74) is 1.42. The molecule has 0 aliphatic heterocycles. The molecule has 1 aromatic rings. The van der Waals surface area contributed by atoms with E-state index >= 15 is 0 Å². The summed E-state index contributed by atoms with van der Waals surface area (Å²) in [7, 11) is 1.40. The summed E-state index contributed by atoms with van der Waals surface area (Å²) in [5.74, 6) is 1.07. The molecule has 1 aromatic carbocycles. The van der Waals surface area contributed by atoms with E-state index in [2.05, 4.69) is 13.8 Å². The Bertz CT molecular complexity index is 568. The van der Waals surface area contributed by atoms with Crippen molar-refractivity contribution >= 4 is 5.97 Å². The molecule has 1 rings (SSSR count). The maximum Gasteiger partial charge on any atom is 0.337 e. The van der Waals surface area contributed by atoms with E-state index in [9.17, 15) is 4.79 Å². The molecule has 0 unspecified atom stereocenters. The summed E-state index contributed by atoms with van der Waals surface area (Å²) in [6.45, 7) is 7.74. The zero-order valence-corrected chi connectivity index (χ0v) is 19.2. The quantitative estimate of drug-likeness (QED) is 0.202. The van der Waals surface area contributed by atoms with E-state index in [1.165, 1.54) is 71.3 Å². The Hall–Kier alpha value is -1.71. The van der Waals surface area contributed by atoms with Crippen molar-refractivity contribution in [3.05, 3.63) is 23.3 Å². The van der Waals surface area contributed by atoms with Gasteiger partial charge in [-0.25, -0.2) is 4.79 Å². The van der Waals surface area contributed by atoms with Gasteiger partial charge in [0.1, 0.15) is 0 Å². The highest BCUT2D eigenvalue weighted by atomic mass is 16.5. The van der Waals surface area contributed by atoms with Crippen LogP contribution in [0.3, 0.4) is 0 Å². The number of ether oxygens (including phenoxy) is 3. The van der Waals surface area contributed by atoms with E-state index in [0.717, 1.165) is 24.2 Å². The molecule has 0 saturated carbocycles. The van der Waals surface area contributed by atoms with Crippen LogP contribution in [0.4, 0.5) is 0 Å². The van der Waals surface area contributed by atoms with Crippen LogP contribution in [0, 0.1) is 6.92 Å². The lowest BCUT2D eigenvalue weighted by Crippen LogP contribution is -2.07. The zero-order chi connectivity index (χ0) is 21.3. The minimum Gasteiger partial charge on any atom is -0.490 e. The molecule has 166 valence electrons. The summed E-state index contributed by atoms with van der Waals surface area (Å²) in [6.07, 6.45) is 14.7. The van der Waals surface area contributed by atoms with E-state index in [-0.39, 0.29) is 5.97 Å². The monoisotopic (exact) mass is 406 g/mol. The largest absolute Gasteiger partial charge is 0.490 e. The van der Waals surface area contributed by atoms with Crippen molar-refractivity contribution in [3.63, 3.8) is 0 Å². The maximum atomic E-state index is 12.0. The lowest BCUT2D eigenvalue weighted by molar-refractivity contribution is 0.0600. The SMILES string of the molecule is CCCCCCCCOc1cc(C(=O)OC)cc(C)c1OCCCCCCCC. The number of hydrogen-bond acceptors (Lipinski definition) is 4. The third-order valence-electron chi connectivity index (χ3n) is 5.16. The van der Waals surface area contributed by atoms with Gasteiger partial charge in [0.15, 0.2) is 11.5 Å². The van der Waals surface area contributed by atoms with Crippen LogP contribution in [-0.4, -0.2) is 26.3 Å².